The molecule has 1 aromatic heterocycles. The molecular weight excluding hydrogens is 551 g/mol. The number of alkyl carbamates (subject to hydrolysis) is 1. The van der Waals surface area contributed by atoms with Gasteiger partial charge in [0.05, 0.1) is 0 Å². The summed E-state index contributed by atoms with van der Waals surface area (Å²) in [6.07, 6.45) is 0.580. The number of carbonyl (C=O) groups excluding carboxylic acids is 2. The predicted octanol–water partition coefficient (Wildman–Crippen LogP) is 7.59. The van der Waals surface area contributed by atoms with E-state index in [1.807, 2.05) is 30.3 Å². The average Bonchev–Trinajstić information content (AvgIpc) is 2.86. The first kappa shape index (κ1) is 30.9. The number of nitrogens with one attached hydrogen (secondary N) is 1. The fourth-order valence-corrected chi connectivity index (χ4v) is 5.06. The second kappa shape index (κ2) is 13.6. The molecule has 1 saturated carbocycles. The van der Waals surface area contributed by atoms with E-state index < -0.39 is 29.6 Å². The van der Waals surface area contributed by atoms with Crippen molar-refractivity contribution in [2.24, 2.45) is 5.92 Å². The van der Waals surface area contributed by atoms with Gasteiger partial charge in [-0.15, -0.1) is 0 Å². The summed E-state index contributed by atoms with van der Waals surface area (Å²) in [5, 5.41) is 2.52. The Balaban J connectivity index is 1.55. The summed E-state index contributed by atoms with van der Waals surface area (Å²) < 4.78 is 41.4. The average molecular weight is 587 g/mol. The van der Waals surface area contributed by atoms with E-state index in [0.717, 1.165) is 17.7 Å². The maximum absolute atomic E-state index is 15.3. The minimum Gasteiger partial charge on any atom is -0.445 e. The molecule has 1 N–H and O–H groups in total. The number of hydrogen-bond donors (Lipinski definition) is 1. The first-order valence-corrected chi connectivity index (χ1v) is 13.8. The SMILES string of the molecule is CC(C)(C)OC(=O)N(CCCNC(=O)OCc1ccccc1)C1CCC(C(F)(F)c2cc(Cl)nc(Cl)c2)CC1. The van der Waals surface area contributed by atoms with Gasteiger partial charge in [0.25, 0.3) is 5.92 Å². The Hall–Kier alpha value is -2.65. The zero-order valence-corrected chi connectivity index (χ0v) is 23.9. The highest BCUT2D eigenvalue weighted by atomic mass is 35.5. The van der Waals surface area contributed by atoms with Crippen LogP contribution in [0.2, 0.25) is 10.3 Å². The molecule has 0 radical (unpaired) electrons. The standard InChI is InChI=1S/C28H35Cl2F2N3O4/c1-27(2,3)39-26(37)35(15-7-14-33-25(36)38-18-19-8-5-4-6-9-19)22-12-10-20(11-13-22)28(31,32)21-16-23(29)34-24(30)17-21/h4-6,8-9,16-17,20,22H,7,10-15,18H2,1-3H3,(H,33,36). The lowest BCUT2D eigenvalue weighted by atomic mass is 9.79. The third kappa shape index (κ3) is 9.49. The van der Waals surface area contributed by atoms with Gasteiger partial charge in [0.15, 0.2) is 0 Å². The number of rotatable bonds is 9. The second-order valence-corrected chi connectivity index (χ2v) is 11.4. The van der Waals surface area contributed by atoms with Crippen molar-refractivity contribution in [3.63, 3.8) is 0 Å². The molecule has 0 aliphatic heterocycles. The van der Waals surface area contributed by atoms with E-state index >= 15 is 8.78 Å². The number of carbonyl (C=O) groups is 2. The molecule has 2 aromatic rings. The largest absolute Gasteiger partial charge is 0.445 e. The second-order valence-electron chi connectivity index (χ2n) is 10.6. The summed E-state index contributed by atoms with van der Waals surface area (Å²) in [6, 6.07) is 11.3. The van der Waals surface area contributed by atoms with E-state index in [9.17, 15) is 9.59 Å². The quantitative estimate of drug-likeness (QED) is 0.242. The zero-order chi connectivity index (χ0) is 28.6. The van der Waals surface area contributed by atoms with E-state index in [4.69, 9.17) is 32.7 Å². The number of hydrogen-bond acceptors (Lipinski definition) is 5. The van der Waals surface area contributed by atoms with Crippen molar-refractivity contribution in [2.75, 3.05) is 13.1 Å². The van der Waals surface area contributed by atoms with Crippen molar-refractivity contribution in [1.82, 2.24) is 15.2 Å². The molecule has 0 saturated heterocycles. The normalized spacial score (nSPS) is 17.8. The summed E-state index contributed by atoms with van der Waals surface area (Å²) in [7, 11) is 0. The number of benzene rings is 1. The number of aromatic nitrogens is 1. The minimum atomic E-state index is -3.14. The van der Waals surface area contributed by atoms with Gasteiger partial charge in [-0.25, -0.2) is 23.4 Å². The van der Waals surface area contributed by atoms with Crippen LogP contribution in [0.15, 0.2) is 42.5 Å². The Morgan fingerprint density at radius 2 is 1.67 bits per heavy atom. The van der Waals surface area contributed by atoms with Crippen LogP contribution in [-0.4, -0.2) is 46.8 Å². The van der Waals surface area contributed by atoms with Gasteiger partial charge in [0, 0.05) is 30.6 Å². The maximum atomic E-state index is 15.3. The molecule has 1 aliphatic carbocycles. The molecule has 39 heavy (non-hydrogen) atoms. The van der Waals surface area contributed by atoms with Crippen LogP contribution in [0.5, 0.6) is 0 Å². The zero-order valence-electron chi connectivity index (χ0n) is 22.4. The molecule has 0 unspecified atom stereocenters. The molecule has 0 bridgehead atoms. The third-order valence-electron chi connectivity index (χ3n) is 6.48. The van der Waals surface area contributed by atoms with Gasteiger partial charge in [-0.2, -0.15) is 0 Å². The van der Waals surface area contributed by atoms with E-state index in [-0.39, 0.29) is 47.9 Å². The van der Waals surface area contributed by atoms with Crippen molar-refractivity contribution in [3.8, 4) is 0 Å². The van der Waals surface area contributed by atoms with Crippen molar-refractivity contribution in [3.05, 3.63) is 63.9 Å². The van der Waals surface area contributed by atoms with E-state index in [1.54, 1.807) is 25.7 Å². The molecular formula is C28H35Cl2F2N3O4. The van der Waals surface area contributed by atoms with Crippen molar-refractivity contribution < 1.29 is 27.8 Å². The first-order chi connectivity index (χ1) is 18.3. The summed E-state index contributed by atoms with van der Waals surface area (Å²) in [4.78, 5) is 30.4. The lowest BCUT2D eigenvalue weighted by Gasteiger charge is -2.39. The number of ether oxygens (including phenoxy) is 2. The van der Waals surface area contributed by atoms with Crippen molar-refractivity contribution >= 4 is 35.4 Å². The highest BCUT2D eigenvalue weighted by molar-refractivity contribution is 6.32. The first-order valence-electron chi connectivity index (χ1n) is 13.0. The highest BCUT2D eigenvalue weighted by Crippen LogP contribution is 2.45. The van der Waals surface area contributed by atoms with Crippen molar-refractivity contribution in [1.29, 1.82) is 0 Å². The molecule has 3 rings (SSSR count). The molecule has 7 nitrogen and oxygen atoms in total. The maximum Gasteiger partial charge on any atom is 0.410 e. The van der Waals surface area contributed by atoms with Crippen LogP contribution in [0.25, 0.3) is 0 Å². The van der Waals surface area contributed by atoms with Gasteiger partial charge >= 0.3 is 12.2 Å². The van der Waals surface area contributed by atoms with E-state index in [0.29, 0.717) is 25.8 Å². The molecule has 11 heteroatoms. The Kier molecular flexibility index (Phi) is 10.8. The van der Waals surface area contributed by atoms with Crippen LogP contribution in [0.1, 0.15) is 64.0 Å². The van der Waals surface area contributed by atoms with Crippen molar-refractivity contribution in [2.45, 2.75) is 77.0 Å². The molecule has 214 valence electrons. The Bertz CT molecular complexity index is 1090. The van der Waals surface area contributed by atoms with Gasteiger partial charge in [-0.3, -0.25) is 0 Å². The van der Waals surface area contributed by atoms with Gasteiger partial charge in [-0.05, 0) is 70.6 Å². The van der Waals surface area contributed by atoms with Crippen LogP contribution < -0.4 is 5.32 Å². The summed E-state index contributed by atoms with van der Waals surface area (Å²) in [5.41, 5.74) is -0.0934. The van der Waals surface area contributed by atoms with Gasteiger partial charge < -0.3 is 19.7 Å². The third-order valence-corrected chi connectivity index (χ3v) is 6.87. The number of alkyl halides is 2. The summed E-state index contributed by atoms with van der Waals surface area (Å²) >= 11 is 11.7. The number of halogens is 4. The Labute approximate surface area is 238 Å². The molecule has 1 heterocycles. The smallest absolute Gasteiger partial charge is 0.410 e. The lowest BCUT2D eigenvalue weighted by Crippen LogP contribution is -2.47. The van der Waals surface area contributed by atoms with Gasteiger partial charge in [-0.1, -0.05) is 53.5 Å². The summed E-state index contributed by atoms with van der Waals surface area (Å²) in [5.74, 6) is -4.06. The Morgan fingerprint density at radius 1 is 1.05 bits per heavy atom. The molecule has 1 fully saturated rings. The molecule has 0 atom stereocenters. The van der Waals surface area contributed by atoms with Crippen LogP contribution >= 0.6 is 23.2 Å². The molecule has 0 spiro atoms. The number of nitrogens with zero attached hydrogens (tertiary/aromatic N) is 2. The van der Waals surface area contributed by atoms with E-state index in [1.165, 1.54) is 0 Å². The monoisotopic (exact) mass is 585 g/mol. The molecule has 2 amide bonds. The van der Waals surface area contributed by atoms with Crippen LogP contribution in [0.3, 0.4) is 0 Å². The Morgan fingerprint density at radius 3 is 2.26 bits per heavy atom. The molecule has 1 aliphatic rings. The fraction of sp³-hybridized carbons (Fsp3) is 0.536. The number of amides is 2. The van der Waals surface area contributed by atoms with Crippen LogP contribution in [-0.2, 0) is 22.0 Å². The fourth-order valence-electron chi connectivity index (χ4n) is 4.60. The van der Waals surface area contributed by atoms with Gasteiger partial charge in [0.1, 0.15) is 22.5 Å². The lowest BCUT2D eigenvalue weighted by molar-refractivity contribution is -0.0847. The van der Waals surface area contributed by atoms with Gasteiger partial charge in [0.2, 0.25) is 0 Å². The van der Waals surface area contributed by atoms with E-state index in [2.05, 4.69) is 10.3 Å². The minimum absolute atomic E-state index is 0.0838. The summed E-state index contributed by atoms with van der Waals surface area (Å²) in [6.45, 7) is 6.06. The predicted molar refractivity (Wildman–Crippen MR) is 146 cm³/mol. The topological polar surface area (TPSA) is 80.8 Å². The molecule has 1 aromatic carbocycles. The highest BCUT2D eigenvalue weighted by Gasteiger charge is 2.44. The van der Waals surface area contributed by atoms with Crippen LogP contribution in [0.4, 0.5) is 18.4 Å². The number of pyridine rings is 1. The van der Waals surface area contributed by atoms with Crippen LogP contribution in [0, 0.1) is 5.92 Å².